The van der Waals surface area contributed by atoms with Gasteiger partial charge in [0, 0.05) is 6.04 Å². The zero-order valence-electron chi connectivity index (χ0n) is 11.5. The Morgan fingerprint density at radius 3 is 2.53 bits per heavy atom. The maximum atomic E-state index is 5.87. The van der Waals surface area contributed by atoms with Crippen molar-refractivity contribution >= 4 is 0 Å². The topological polar surface area (TPSA) is 38.0 Å². The zero-order valence-corrected chi connectivity index (χ0v) is 11.5. The highest BCUT2D eigenvalue weighted by Gasteiger charge is 2.47. The third kappa shape index (κ3) is 2.11. The van der Waals surface area contributed by atoms with Crippen molar-refractivity contribution in [2.75, 3.05) is 0 Å². The normalized spacial score (nSPS) is 34.7. The molecule has 0 heterocycles. The molecule has 19 heavy (non-hydrogen) atoms. The molecule has 0 saturated heterocycles. The lowest BCUT2D eigenvalue weighted by molar-refractivity contribution is 0.344. The summed E-state index contributed by atoms with van der Waals surface area (Å²) in [6, 6.07) is 9.57. The fourth-order valence-corrected chi connectivity index (χ4v) is 4.29. The van der Waals surface area contributed by atoms with Crippen molar-refractivity contribution in [1.82, 2.24) is 5.43 Å². The third-order valence-corrected chi connectivity index (χ3v) is 5.78. The number of hydrogen-bond acceptors (Lipinski definition) is 2. The molecule has 102 valence electrons. The van der Waals surface area contributed by atoms with Crippen molar-refractivity contribution in [3.05, 3.63) is 35.4 Å². The quantitative estimate of drug-likeness (QED) is 0.639. The molecule has 3 N–H and O–H groups in total. The summed E-state index contributed by atoms with van der Waals surface area (Å²) < 4.78 is 0. The molecule has 2 nitrogen and oxygen atoms in total. The van der Waals surface area contributed by atoms with Gasteiger partial charge in [0.2, 0.25) is 0 Å². The van der Waals surface area contributed by atoms with Crippen LogP contribution in [0.2, 0.25) is 0 Å². The first kappa shape index (κ1) is 11.9. The largest absolute Gasteiger partial charge is 0.271 e. The molecule has 0 aromatic heterocycles. The minimum absolute atomic E-state index is 0.368. The lowest BCUT2D eigenvalue weighted by Crippen LogP contribution is -2.33. The predicted molar refractivity (Wildman–Crippen MR) is 77.4 cm³/mol. The molecular weight excluding hydrogens is 232 g/mol. The monoisotopic (exact) mass is 256 g/mol. The van der Waals surface area contributed by atoms with Gasteiger partial charge in [-0.25, -0.2) is 0 Å². The van der Waals surface area contributed by atoms with Gasteiger partial charge in [0.15, 0.2) is 0 Å². The molecular formula is C17H24N2. The van der Waals surface area contributed by atoms with E-state index < -0.39 is 0 Å². The van der Waals surface area contributed by atoms with Gasteiger partial charge in [-0.15, -0.1) is 0 Å². The van der Waals surface area contributed by atoms with Crippen molar-refractivity contribution in [1.29, 1.82) is 0 Å². The van der Waals surface area contributed by atoms with Crippen molar-refractivity contribution in [2.24, 2.45) is 23.6 Å². The molecule has 3 saturated carbocycles. The van der Waals surface area contributed by atoms with Crippen molar-refractivity contribution in [3.63, 3.8) is 0 Å². The first-order valence-electron chi connectivity index (χ1n) is 7.91. The molecule has 0 bridgehead atoms. The van der Waals surface area contributed by atoms with Crippen molar-refractivity contribution < 1.29 is 0 Å². The smallest absolute Gasteiger partial charge is 0.0488 e. The van der Waals surface area contributed by atoms with Gasteiger partial charge in [0.05, 0.1) is 0 Å². The lowest BCUT2D eigenvalue weighted by Gasteiger charge is -2.29. The van der Waals surface area contributed by atoms with Crippen LogP contribution in [0.5, 0.6) is 0 Å². The van der Waals surface area contributed by atoms with Gasteiger partial charge in [-0.2, -0.15) is 0 Å². The van der Waals surface area contributed by atoms with Crippen LogP contribution in [0, 0.1) is 17.8 Å². The standard InChI is InChI=1S/C17H24N2/c18-19-17(16-9-14-8-15(14)10-16)13-6-2-5-12(7-13)11-3-1-4-11/h2,5-7,11,14-17,19H,1,3-4,8-10,18H2. The Labute approximate surface area is 115 Å². The Morgan fingerprint density at radius 2 is 1.89 bits per heavy atom. The summed E-state index contributed by atoms with van der Waals surface area (Å²) in [5.41, 5.74) is 6.05. The van der Waals surface area contributed by atoms with Crippen LogP contribution in [0.15, 0.2) is 24.3 Å². The average Bonchev–Trinajstić information content (AvgIpc) is 2.96. The van der Waals surface area contributed by atoms with Gasteiger partial charge in [0.25, 0.3) is 0 Å². The molecule has 0 radical (unpaired) electrons. The van der Waals surface area contributed by atoms with E-state index in [1.165, 1.54) is 49.7 Å². The van der Waals surface area contributed by atoms with Crippen LogP contribution in [0.3, 0.4) is 0 Å². The SMILES string of the molecule is NNC(c1cccc(C2CCC2)c1)C1CC2CC2C1. The molecule has 0 amide bonds. The van der Waals surface area contributed by atoms with E-state index in [2.05, 4.69) is 29.7 Å². The Bertz CT molecular complexity index is 456. The minimum Gasteiger partial charge on any atom is -0.271 e. The maximum Gasteiger partial charge on any atom is 0.0488 e. The highest BCUT2D eigenvalue weighted by Crippen LogP contribution is 2.57. The predicted octanol–water partition coefficient (Wildman–Crippen LogP) is 3.50. The van der Waals surface area contributed by atoms with Crippen molar-refractivity contribution in [3.8, 4) is 0 Å². The van der Waals surface area contributed by atoms with Crippen LogP contribution < -0.4 is 11.3 Å². The third-order valence-electron chi connectivity index (χ3n) is 5.78. The van der Waals surface area contributed by atoms with Crippen LogP contribution in [0.4, 0.5) is 0 Å². The summed E-state index contributed by atoms with van der Waals surface area (Å²) >= 11 is 0. The van der Waals surface area contributed by atoms with Crippen LogP contribution in [0.1, 0.15) is 61.6 Å². The van der Waals surface area contributed by atoms with Gasteiger partial charge in [-0.3, -0.25) is 11.3 Å². The first-order valence-corrected chi connectivity index (χ1v) is 7.91. The summed E-state index contributed by atoms with van der Waals surface area (Å²) in [4.78, 5) is 0. The second-order valence-electron chi connectivity index (χ2n) is 6.93. The molecule has 0 spiro atoms. The fourth-order valence-electron chi connectivity index (χ4n) is 4.29. The summed E-state index contributed by atoms with van der Waals surface area (Å²) in [6.45, 7) is 0. The summed E-state index contributed by atoms with van der Waals surface area (Å²) in [5, 5.41) is 0. The second kappa shape index (κ2) is 4.60. The van der Waals surface area contributed by atoms with E-state index in [0.717, 1.165) is 23.7 Å². The summed E-state index contributed by atoms with van der Waals surface area (Å²) in [5.74, 6) is 9.49. The number of nitrogens with two attached hydrogens (primary N) is 1. The van der Waals surface area contributed by atoms with E-state index >= 15 is 0 Å². The Hall–Kier alpha value is -0.860. The minimum atomic E-state index is 0.368. The van der Waals surface area contributed by atoms with Gasteiger partial charge in [0.1, 0.15) is 0 Å². The highest BCUT2D eigenvalue weighted by atomic mass is 15.2. The molecule has 3 aliphatic rings. The van der Waals surface area contributed by atoms with E-state index in [-0.39, 0.29) is 0 Å². The molecule has 2 heteroatoms. The van der Waals surface area contributed by atoms with Gasteiger partial charge >= 0.3 is 0 Å². The van der Waals surface area contributed by atoms with Crippen LogP contribution in [-0.4, -0.2) is 0 Å². The number of rotatable bonds is 4. The average molecular weight is 256 g/mol. The summed E-state index contributed by atoms with van der Waals surface area (Å²) in [7, 11) is 0. The van der Waals surface area contributed by atoms with E-state index in [0.29, 0.717) is 6.04 Å². The Balaban J connectivity index is 1.55. The van der Waals surface area contributed by atoms with E-state index in [9.17, 15) is 0 Å². The van der Waals surface area contributed by atoms with Crippen LogP contribution in [-0.2, 0) is 0 Å². The van der Waals surface area contributed by atoms with Crippen molar-refractivity contribution in [2.45, 2.75) is 50.5 Å². The van der Waals surface area contributed by atoms with Gasteiger partial charge < -0.3 is 0 Å². The molecule has 3 unspecified atom stereocenters. The highest BCUT2D eigenvalue weighted by molar-refractivity contribution is 5.30. The number of nitrogens with one attached hydrogen (secondary N) is 1. The second-order valence-corrected chi connectivity index (χ2v) is 6.93. The van der Waals surface area contributed by atoms with E-state index in [1.54, 1.807) is 0 Å². The van der Waals surface area contributed by atoms with Crippen LogP contribution >= 0.6 is 0 Å². The van der Waals surface area contributed by atoms with Gasteiger partial charge in [-0.1, -0.05) is 30.7 Å². The zero-order chi connectivity index (χ0) is 12.8. The molecule has 3 fully saturated rings. The number of benzene rings is 1. The Kier molecular flexibility index (Phi) is 2.89. The number of fused-ring (bicyclic) bond motifs is 1. The molecule has 4 rings (SSSR count). The van der Waals surface area contributed by atoms with Gasteiger partial charge in [-0.05, 0) is 66.9 Å². The summed E-state index contributed by atoms with van der Waals surface area (Å²) in [6.07, 6.45) is 8.39. The van der Waals surface area contributed by atoms with E-state index in [4.69, 9.17) is 5.84 Å². The van der Waals surface area contributed by atoms with E-state index in [1.807, 2.05) is 0 Å². The molecule has 3 aliphatic carbocycles. The molecule has 3 atom stereocenters. The molecule has 1 aromatic rings. The molecule has 1 aromatic carbocycles. The lowest BCUT2D eigenvalue weighted by atomic mass is 9.78. The molecule has 0 aliphatic heterocycles. The maximum absolute atomic E-state index is 5.87. The fraction of sp³-hybridized carbons (Fsp3) is 0.647. The number of hydrogen-bond donors (Lipinski definition) is 2. The number of hydrazine groups is 1. The first-order chi connectivity index (χ1) is 9.35. The van der Waals surface area contributed by atoms with Crippen LogP contribution in [0.25, 0.3) is 0 Å². The Morgan fingerprint density at radius 1 is 1.11 bits per heavy atom.